The molecule has 5 aromatic rings. The topological polar surface area (TPSA) is 250 Å². The van der Waals surface area contributed by atoms with Crippen LogP contribution in [0.5, 0.6) is 0 Å². The molecule has 56 heavy (non-hydrogen) atoms. The van der Waals surface area contributed by atoms with E-state index in [-0.39, 0.29) is 41.4 Å². The summed E-state index contributed by atoms with van der Waals surface area (Å²) in [5, 5.41) is 48.1. The predicted molar refractivity (Wildman–Crippen MR) is 211 cm³/mol. The second-order valence-electron chi connectivity index (χ2n) is 13.7. The van der Waals surface area contributed by atoms with Gasteiger partial charge in [-0.25, -0.2) is 23.3 Å². The van der Waals surface area contributed by atoms with Crippen molar-refractivity contribution in [1.82, 2.24) is 30.2 Å². The Balaban J connectivity index is 0.00000532. The summed E-state index contributed by atoms with van der Waals surface area (Å²) in [7, 11) is -3.95. The van der Waals surface area contributed by atoms with Crippen LogP contribution in [0.15, 0.2) is 96.2 Å². The van der Waals surface area contributed by atoms with Crippen LogP contribution in [0.25, 0.3) is 11.2 Å². The summed E-state index contributed by atoms with van der Waals surface area (Å²) in [5.41, 5.74) is 3.28. The first-order valence-corrected chi connectivity index (χ1v) is 19.3. The molecule has 1 aliphatic carbocycles. The van der Waals surface area contributed by atoms with E-state index in [1.54, 1.807) is 10.6 Å². The van der Waals surface area contributed by atoms with Gasteiger partial charge in [-0.05, 0) is 42.2 Å². The first-order valence-electron chi connectivity index (χ1n) is 17.8. The fraction of sp³-hybridized carbons (Fsp3) is 0.324. The van der Waals surface area contributed by atoms with Gasteiger partial charge in [0.05, 0.1) is 23.3 Å². The lowest BCUT2D eigenvalue weighted by Gasteiger charge is -2.22. The predicted octanol–water partition coefficient (Wildman–Crippen LogP) is 1.68. The maximum Gasteiger partial charge on any atom is 0.319 e. The number of sulfonamides is 1. The molecular weight excluding hydrogens is 764 g/mol. The van der Waals surface area contributed by atoms with Gasteiger partial charge in [0.15, 0.2) is 17.0 Å². The second-order valence-corrected chi connectivity index (χ2v) is 15.2. The van der Waals surface area contributed by atoms with Crippen LogP contribution in [0.1, 0.15) is 35.9 Å². The van der Waals surface area contributed by atoms with Gasteiger partial charge in [0.1, 0.15) is 18.8 Å². The SMILES string of the molecule is Cl.NS(=O)(=O)c1cccc(NC(=O)NC2CCN(c3nc(NCC(c4ccccc4)c4ccccc4)c4ncn(C5CC(NC(=O)CO)C(O)C5O)c4n3)C2)c1. The maximum atomic E-state index is 13.0. The number of aliphatic hydroxyl groups excluding tert-OH is 3. The summed E-state index contributed by atoms with van der Waals surface area (Å²) in [6.45, 7) is 0.529. The van der Waals surface area contributed by atoms with Crippen molar-refractivity contribution in [2.75, 3.05) is 41.8 Å². The molecule has 1 saturated carbocycles. The number of carbonyl (C=O) groups is 2. The molecule has 5 atom stereocenters. The van der Waals surface area contributed by atoms with Gasteiger partial charge in [-0.15, -0.1) is 12.4 Å². The number of imidazole rings is 1. The standard InChI is InChI=1S/C37H42N10O7S.ClH/c38-55(53,54)26-13-7-12-24(16-26)41-37(52)42-25-14-15-46(19-25)36-44-34(39-18-27(22-8-3-1-4-9-22)23-10-5-2-6-11-23)31-35(45-36)47(21-40-31)29-17-28(32(50)33(29)51)43-30(49)20-48;/h1-13,16,21,25,27-29,32-33,48,50-51H,14-15,17-20H2,(H,43,49)(H2,38,53,54)(H,39,44,45)(H2,41,42,52);1H. The van der Waals surface area contributed by atoms with Crippen LogP contribution in [0.4, 0.5) is 22.2 Å². The Morgan fingerprint density at radius 1 is 0.929 bits per heavy atom. The van der Waals surface area contributed by atoms with Crippen LogP contribution < -0.4 is 31.3 Å². The van der Waals surface area contributed by atoms with Crippen molar-refractivity contribution < 1.29 is 33.3 Å². The number of urea groups is 1. The Hall–Kier alpha value is -5.37. The van der Waals surface area contributed by atoms with Crippen molar-refractivity contribution in [3.05, 3.63) is 102 Å². The van der Waals surface area contributed by atoms with Crippen LogP contribution in [-0.4, -0.2) is 106 Å². The number of nitrogens with zero attached hydrogens (tertiary/aromatic N) is 5. The molecule has 296 valence electrons. The molecule has 9 N–H and O–H groups in total. The highest BCUT2D eigenvalue weighted by Crippen LogP contribution is 2.35. The van der Waals surface area contributed by atoms with E-state index in [4.69, 9.17) is 15.1 Å². The molecule has 17 nitrogen and oxygen atoms in total. The van der Waals surface area contributed by atoms with Crippen molar-refractivity contribution in [3.63, 3.8) is 0 Å². The molecule has 3 amide bonds. The number of hydrogen-bond acceptors (Lipinski definition) is 12. The van der Waals surface area contributed by atoms with Gasteiger partial charge < -0.3 is 46.1 Å². The zero-order chi connectivity index (χ0) is 38.7. The maximum absolute atomic E-state index is 13.0. The van der Waals surface area contributed by atoms with Crippen LogP contribution in [-0.2, 0) is 14.8 Å². The number of aliphatic hydroxyl groups is 3. The average molecular weight is 807 g/mol. The van der Waals surface area contributed by atoms with E-state index in [1.807, 2.05) is 41.3 Å². The van der Waals surface area contributed by atoms with E-state index in [1.165, 1.54) is 24.5 Å². The Morgan fingerprint density at radius 3 is 2.29 bits per heavy atom. The smallest absolute Gasteiger partial charge is 0.319 e. The Kier molecular flexibility index (Phi) is 12.4. The number of rotatable bonds is 12. The van der Waals surface area contributed by atoms with Crippen molar-refractivity contribution in [2.45, 2.75) is 54.0 Å². The molecule has 2 aromatic heterocycles. The molecule has 2 fully saturated rings. The Bertz CT molecular complexity index is 2230. The summed E-state index contributed by atoms with van der Waals surface area (Å²) in [6.07, 6.45) is -0.343. The molecule has 7 rings (SSSR count). The number of carbonyl (C=O) groups excluding carboxylic acids is 2. The second kappa shape index (κ2) is 17.2. The molecule has 2 aliphatic rings. The third kappa shape index (κ3) is 8.85. The van der Waals surface area contributed by atoms with Crippen molar-refractivity contribution >= 4 is 63.0 Å². The van der Waals surface area contributed by atoms with Crippen LogP contribution in [0.2, 0.25) is 0 Å². The average Bonchev–Trinajstić information content (AvgIpc) is 3.90. The van der Waals surface area contributed by atoms with Gasteiger partial charge in [0.25, 0.3) is 0 Å². The first-order chi connectivity index (χ1) is 26.5. The normalized spacial score (nSPS) is 20.8. The largest absolute Gasteiger partial charge is 0.388 e. The number of nitrogens with one attached hydrogen (secondary N) is 4. The van der Waals surface area contributed by atoms with Crippen molar-refractivity contribution in [1.29, 1.82) is 0 Å². The van der Waals surface area contributed by atoms with Gasteiger partial charge in [-0.3, -0.25) is 4.79 Å². The van der Waals surface area contributed by atoms with Crippen molar-refractivity contribution in [3.8, 4) is 0 Å². The molecular formula is C37H43ClN10O7S. The number of fused-ring (bicyclic) bond motifs is 1. The van der Waals surface area contributed by atoms with Gasteiger partial charge >= 0.3 is 6.03 Å². The molecule has 1 saturated heterocycles. The van der Waals surface area contributed by atoms with Crippen LogP contribution in [0, 0.1) is 0 Å². The number of aromatic nitrogens is 4. The molecule has 0 radical (unpaired) electrons. The Labute approximate surface area is 328 Å². The highest BCUT2D eigenvalue weighted by Gasteiger charge is 2.44. The zero-order valence-corrected chi connectivity index (χ0v) is 31.6. The summed E-state index contributed by atoms with van der Waals surface area (Å²) >= 11 is 0. The number of hydrogen-bond donors (Lipinski definition) is 8. The van der Waals surface area contributed by atoms with Gasteiger partial charge in [-0.1, -0.05) is 66.7 Å². The quantitative estimate of drug-likeness (QED) is 0.0898. The van der Waals surface area contributed by atoms with E-state index in [2.05, 4.69) is 50.5 Å². The first kappa shape index (κ1) is 40.3. The van der Waals surface area contributed by atoms with Crippen molar-refractivity contribution in [2.24, 2.45) is 5.14 Å². The molecule has 5 unspecified atom stereocenters. The summed E-state index contributed by atoms with van der Waals surface area (Å²) in [4.78, 5) is 41.2. The fourth-order valence-electron chi connectivity index (χ4n) is 7.25. The van der Waals surface area contributed by atoms with Crippen LogP contribution in [0.3, 0.4) is 0 Å². The van der Waals surface area contributed by atoms with Crippen LogP contribution >= 0.6 is 12.4 Å². The highest BCUT2D eigenvalue weighted by molar-refractivity contribution is 7.89. The number of benzene rings is 3. The molecule has 0 spiro atoms. The lowest BCUT2D eigenvalue weighted by Crippen LogP contribution is -2.44. The highest BCUT2D eigenvalue weighted by atomic mass is 35.5. The molecule has 1 aliphatic heterocycles. The number of halogens is 1. The number of amides is 3. The number of anilines is 3. The monoisotopic (exact) mass is 806 g/mol. The molecule has 0 bridgehead atoms. The van der Waals surface area contributed by atoms with E-state index < -0.39 is 52.9 Å². The van der Waals surface area contributed by atoms with Gasteiger partial charge in [0, 0.05) is 37.3 Å². The minimum Gasteiger partial charge on any atom is -0.388 e. The summed E-state index contributed by atoms with van der Waals surface area (Å²) in [6, 6.07) is 23.4. The number of primary sulfonamides is 1. The molecule has 19 heteroatoms. The third-order valence-electron chi connectivity index (χ3n) is 10.0. The molecule has 3 aromatic carbocycles. The lowest BCUT2D eigenvalue weighted by atomic mass is 9.91. The van der Waals surface area contributed by atoms with E-state index in [9.17, 15) is 33.3 Å². The zero-order valence-electron chi connectivity index (χ0n) is 30.0. The fourth-order valence-corrected chi connectivity index (χ4v) is 7.81. The summed E-state index contributed by atoms with van der Waals surface area (Å²) < 4.78 is 25.2. The van der Waals surface area contributed by atoms with Gasteiger partial charge in [0.2, 0.25) is 21.9 Å². The summed E-state index contributed by atoms with van der Waals surface area (Å²) in [5.74, 6) is 0.0667. The minimum atomic E-state index is -3.95. The third-order valence-corrected chi connectivity index (χ3v) is 10.9. The van der Waals surface area contributed by atoms with E-state index in [0.717, 1.165) is 11.1 Å². The van der Waals surface area contributed by atoms with Gasteiger partial charge in [-0.2, -0.15) is 9.97 Å². The lowest BCUT2D eigenvalue weighted by molar-refractivity contribution is -0.125. The Morgan fingerprint density at radius 2 is 1.62 bits per heavy atom. The van der Waals surface area contributed by atoms with E-state index >= 15 is 0 Å². The minimum absolute atomic E-state index is 0. The van der Waals surface area contributed by atoms with E-state index in [0.29, 0.717) is 49.0 Å². The molecule has 3 heterocycles. The number of nitrogens with two attached hydrogens (primary N) is 1.